The fourth-order valence-electron chi connectivity index (χ4n) is 5.88. The Balaban J connectivity index is 1.40. The van der Waals surface area contributed by atoms with Crippen LogP contribution in [0.15, 0.2) is 30.3 Å². The van der Waals surface area contributed by atoms with Crippen molar-refractivity contribution in [1.82, 2.24) is 15.5 Å². The lowest BCUT2D eigenvalue weighted by Crippen LogP contribution is -2.60. The first kappa shape index (κ1) is 18.3. The molecular formula is C22H31N3O2. The number of nitrogens with one attached hydrogen (secondary N) is 2. The van der Waals surface area contributed by atoms with Crippen LogP contribution in [0.25, 0.3) is 0 Å². The molecule has 1 aromatic carbocycles. The van der Waals surface area contributed by atoms with Crippen molar-refractivity contribution in [3.63, 3.8) is 0 Å². The van der Waals surface area contributed by atoms with Crippen molar-refractivity contribution in [1.29, 1.82) is 0 Å². The molecule has 0 unspecified atom stereocenters. The Morgan fingerprint density at radius 2 is 2.00 bits per heavy atom. The molecule has 0 aromatic heterocycles. The van der Waals surface area contributed by atoms with Crippen LogP contribution in [0.2, 0.25) is 0 Å². The minimum Gasteiger partial charge on any atom is -0.337 e. The third-order valence-electron chi connectivity index (χ3n) is 7.20. The summed E-state index contributed by atoms with van der Waals surface area (Å²) >= 11 is 0. The number of carbonyl (C=O) groups excluding carboxylic acids is 2. The van der Waals surface area contributed by atoms with E-state index >= 15 is 0 Å². The normalized spacial score (nSPS) is 33.0. The monoisotopic (exact) mass is 369 g/mol. The van der Waals surface area contributed by atoms with Crippen LogP contribution in [0.1, 0.15) is 57.4 Å². The van der Waals surface area contributed by atoms with Gasteiger partial charge in [0, 0.05) is 31.1 Å². The van der Waals surface area contributed by atoms with E-state index in [4.69, 9.17) is 0 Å². The first-order valence-electron chi connectivity index (χ1n) is 10.5. The number of hydrogen-bond donors (Lipinski definition) is 2. The summed E-state index contributed by atoms with van der Waals surface area (Å²) in [5.74, 6) is 1.25. The number of nitrogens with zero attached hydrogens (tertiary/aromatic N) is 1. The van der Waals surface area contributed by atoms with E-state index in [2.05, 4.69) is 22.5 Å². The van der Waals surface area contributed by atoms with Crippen LogP contribution in [-0.4, -0.2) is 35.0 Å². The Morgan fingerprint density at radius 3 is 2.81 bits per heavy atom. The number of urea groups is 1. The van der Waals surface area contributed by atoms with Gasteiger partial charge in [-0.2, -0.15) is 0 Å². The molecule has 1 aliphatic carbocycles. The third kappa shape index (κ3) is 3.44. The second-order valence-electron chi connectivity index (χ2n) is 8.57. The smallest absolute Gasteiger partial charge is 0.315 e. The highest BCUT2D eigenvalue weighted by atomic mass is 16.2. The molecule has 27 heavy (non-hydrogen) atoms. The number of carbonyl (C=O) groups is 2. The molecule has 5 nitrogen and oxygen atoms in total. The SMILES string of the molecule is C[C@H]1[C@@H](NC(=O)NCc2ccccc2)CC[C@@]23CCCN2C(=O)CCC[C@@H]13. The quantitative estimate of drug-likeness (QED) is 0.857. The van der Waals surface area contributed by atoms with Gasteiger partial charge in [-0.1, -0.05) is 37.3 Å². The van der Waals surface area contributed by atoms with Gasteiger partial charge in [0.05, 0.1) is 0 Å². The van der Waals surface area contributed by atoms with Gasteiger partial charge in [-0.05, 0) is 55.9 Å². The topological polar surface area (TPSA) is 61.4 Å². The first-order valence-corrected chi connectivity index (χ1v) is 10.5. The van der Waals surface area contributed by atoms with Crippen LogP contribution in [0.5, 0.6) is 0 Å². The first-order chi connectivity index (χ1) is 13.1. The predicted octanol–water partition coefficient (Wildman–Crippen LogP) is 3.45. The van der Waals surface area contributed by atoms with Crippen LogP contribution < -0.4 is 10.6 Å². The highest BCUT2D eigenvalue weighted by Gasteiger charge is 2.55. The van der Waals surface area contributed by atoms with Gasteiger partial charge >= 0.3 is 6.03 Å². The van der Waals surface area contributed by atoms with Crippen molar-refractivity contribution in [2.24, 2.45) is 11.8 Å². The molecule has 1 aromatic rings. The standard InChI is InChI=1S/C22H31N3O2/c1-16-18-9-5-10-20(26)25-14-6-12-22(18,25)13-11-19(16)24-21(27)23-15-17-7-3-2-4-8-17/h2-4,7-8,16,18-19H,5-6,9-15H2,1H3,(H2,23,24,27)/t16-,18+,19+,22-/m1/s1. The van der Waals surface area contributed by atoms with E-state index in [1.54, 1.807) is 0 Å². The van der Waals surface area contributed by atoms with E-state index in [0.717, 1.165) is 50.6 Å². The van der Waals surface area contributed by atoms with Gasteiger partial charge in [-0.15, -0.1) is 0 Å². The van der Waals surface area contributed by atoms with E-state index in [1.165, 1.54) is 0 Å². The van der Waals surface area contributed by atoms with Crippen molar-refractivity contribution < 1.29 is 9.59 Å². The van der Waals surface area contributed by atoms with Gasteiger partial charge < -0.3 is 15.5 Å². The van der Waals surface area contributed by atoms with Crippen molar-refractivity contribution >= 4 is 11.9 Å². The molecule has 3 amide bonds. The Hall–Kier alpha value is -2.04. The molecular weight excluding hydrogens is 338 g/mol. The molecule has 4 atom stereocenters. The molecule has 3 aliphatic rings. The maximum atomic E-state index is 12.6. The van der Waals surface area contributed by atoms with Gasteiger partial charge in [0.15, 0.2) is 0 Å². The van der Waals surface area contributed by atoms with Crippen molar-refractivity contribution in [3.05, 3.63) is 35.9 Å². The molecule has 0 bridgehead atoms. The largest absolute Gasteiger partial charge is 0.337 e. The minimum absolute atomic E-state index is 0.0612. The third-order valence-corrected chi connectivity index (χ3v) is 7.20. The molecule has 2 heterocycles. The summed E-state index contributed by atoms with van der Waals surface area (Å²) in [6.45, 7) is 3.75. The van der Waals surface area contributed by atoms with Crippen LogP contribution >= 0.6 is 0 Å². The number of hydrogen-bond acceptors (Lipinski definition) is 2. The average molecular weight is 370 g/mol. The van der Waals surface area contributed by atoms with Gasteiger partial charge in [0.1, 0.15) is 0 Å². The number of benzene rings is 1. The summed E-state index contributed by atoms with van der Waals surface area (Å²) in [5, 5.41) is 6.21. The lowest BCUT2D eigenvalue weighted by Gasteiger charge is -2.52. The Bertz CT molecular complexity index is 692. The molecule has 1 saturated carbocycles. The summed E-state index contributed by atoms with van der Waals surface area (Å²) in [5.41, 5.74) is 1.17. The predicted molar refractivity (Wildman–Crippen MR) is 105 cm³/mol. The molecule has 4 rings (SSSR count). The highest BCUT2D eigenvalue weighted by Crippen LogP contribution is 2.51. The molecule has 146 valence electrons. The van der Waals surface area contributed by atoms with Crippen LogP contribution in [0.3, 0.4) is 0 Å². The fourth-order valence-corrected chi connectivity index (χ4v) is 5.88. The zero-order valence-electron chi connectivity index (χ0n) is 16.2. The van der Waals surface area contributed by atoms with Gasteiger partial charge in [0.25, 0.3) is 0 Å². The Kier molecular flexibility index (Phi) is 5.11. The number of amides is 3. The van der Waals surface area contributed by atoms with E-state index in [-0.39, 0.29) is 17.6 Å². The van der Waals surface area contributed by atoms with Crippen molar-refractivity contribution in [2.75, 3.05) is 6.54 Å². The molecule has 1 spiro atoms. The van der Waals surface area contributed by atoms with E-state index < -0.39 is 0 Å². The summed E-state index contributed by atoms with van der Waals surface area (Å²) in [4.78, 5) is 27.2. The van der Waals surface area contributed by atoms with E-state index in [1.807, 2.05) is 30.3 Å². The summed E-state index contributed by atoms with van der Waals surface area (Å²) in [6, 6.07) is 10.1. The van der Waals surface area contributed by atoms with E-state index in [9.17, 15) is 9.59 Å². The maximum absolute atomic E-state index is 12.6. The maximum Gasteiger partial charge on any atom is 0.315 e. The van der Waals surface area contributed by atoms with Crippen LogP contribution in [0.4, 0.5) is 4.79 Å². The highest BCUT2D eigenvalue weighted by molar-refractivity contribution is 5.78. The second kappa shape index (κ2) is 7.53. The Labute approximate surface area is 161 Å². The van der Waals surface area contributed by atoms with Crippen molar-refractivity contribution in [3.8, 4) is 0 Å². The fraction of sp³-hybridized carbons (Fsp3) is 0.636. The summed E-state index contributed by atoms with van der Waals surface area (Å²) in [6.07, 6.45) is 7.04. The summed E-state index contributed by atoms with van der Waals surface area (Å²) < 4.78 is 0. The molecule has 0 radical (unpaired) electrons. The van der Waals surface area contributed by atoms with E-state index in [0.29, 0.717) is 30.7 Å². The second-order valence-corrected chi connectivity index (χ2v) is 8.57. The molecule has 2 saturated heterocycles. The molecule has 2 N–H and O–H groups in total. The van der Waals surface area contributed by atoms with Gasteiger partial charge in [-0.25, -0.2) is 4.79 Å². The van der Waals surface area contributed by atoms with Gasteiger partial charge in [-0.3, -0.25) is 4.79 Å². The lowest BCUT2D eigenvalue weighted by molar-refractivity contribution is -0.138. The van der Waals surface area contributed by atoms with Crippen molar-refractivity contribution in [2.45, 2.75) is 70.0 Å². The van der Waals surface area contributed by atoms with Crippen LogP contribution in [0, 0.1) is 11.8 Å². The van der Waals surface area contributed by atoms with Gasteiger partial charge in [0.2, 0.25) is 5.91 Å². The number of rotatable bonds is 3. The summed E-state index contributed by atoms with van der Waals surface area (Å²) in [7, 11) is 0. The van der Waals surface area contributed by atoms with Crippen LogP contribution in [-0.2, 0) is 11.3 Å². The molecule has 3 fully saturated rings. The zero-order chi connectivity index (χ0) is 18.9. The average Bonchev–Trinajstić information content (AvgIpc) is 3.04. The lowest BCUT2D eigenvalue weighted by atomic mass is 9.63. The molecule has 2 aliphatic heterocycles. The zero-order valence-corrected chi connectivity index (χ0v) is 16.2. The Morgan fingerprint density at radius 1 is 1.19 bits per heavy atom. The minimum atomic E-state index is -0.0837. The molecule has 5 heteroatoms.